The second-order valence-electron chi connectivity index (χ2n) is 5.69. The van der Waals surface area contributed by atoms with Gasteiger partial charge in [-0.25, -0.2) is 4.98 Å². The van der Waals surface area contributed by atoms with Crippen molar-refractivity contribution in [2.24, 2.45) is 0 Å². The number of aliphatic hydroxyl groups excluding tert-OH is 1. The second kappa shape index (κ2) is 6.13. The molecular formula is C17H14F3N3O. The summed E-state index contributed by atoms with van der Waals surface area (Å²) in [6, 6.07) is 9.92. The molecule has 0 radical (unpaired) electrons. The van der Waals surface area contributed by atoms with Gasteiger partial charge < -0.3 is 10.0 Å². The topological polar surface area (TPSA) is 60.2 Å². The van der Waals surface area contributed by atoms with E-state index in [1.54, 1.807) is 18.2 Å². The molecule has 1 saturated heterocycles. The van der Waals surface area contributed by atoms with Crippen LogP contribution in [0.4, 0.5) is 18.9 Å². The van der Waals surface area contributed by atoms with Crippen LogP contribution in [-0.2, 0) is 6.18 Å². The van der Waals surface area contributed by atoms with Crippen molar-refractivity contribution in [1.82, 2.24) is 4.98 Å². The molecule has 124 valence electrons. The first-order valence-corrected chi connectivity index (χ1v) is 7.36. The number of aromatic nitrogens is 1. The van der Waals surface area contributed by atoms with E-state index < -0.39 is 23.9 Å². The number of nitrogens with zero attached hydrogens (tertiary/aromatic N) is 3. The van der Waals surface area contributed by atoms with Crippen LogP contribution in [-0.4, -0.2) is 22.7 Å². The molecule has 7 heteroatoms. The summed E-state index contributed by atoms with van der Waals surface area (Å²) < 4.78 is 38.8. The highest BCUT2D eigenvalue weighted by molar-refractivity contribution is 5.52. The Balaban J connectivity index is 1.98. The fourth-order valence-corrected chi connectivity index (χ4v) is 3.00. The average molecular weight is 333 g/mol. The molecule has 1 fully saturated rings. The molecule has 4 nitrogen and oxygen atoms in total. The van der Waals surface area contributed by atoms with Gasteiger partial charge in [0, 0.05) is 18.4 Å². The first-order chi connectivity index (χ1) is 11.4. The van der Waals surface area contributed by atoms with E-state index in [0.717, 1.165) is 12.1 Å². The van der Waals surface area contributed by atoms with Crippen molar-refractivity contribution < 1.29 is 18.3 Å². The zero-order valence-electron chi connectivity index (χ0n) is 12.5. The highest BCUT2D eigenvalue weighted by Gasteiger charge is 2.35. The van der Waals surface area contributed by atoms with E-state index in [1.807, 2.05) is 11.0 Å². The standard InChI is InChI=1S/C17H14F3N3O/c18-17(19,20)12-3-1-2-11(6-12)16-8-15(24)10-23(16)14-4-5-22-13(7-14)9-21/h1-7,15-16,24H,8,10H2/t15-,16-/m1/s1. The van der Waals surface area contributed by atoms with Crippen LogP contribution < -0.4 is 4.90 Å². The Morgan fingerprint density at radius 1 is 1.25 bits per heavy atom. The summed E-state index contributed by atoms with van der Waals surface area (Å²) in [5, 5.41) is 19.0. The number of pyridine rings is 1. The largest absolute Gasteiger partial charge is 0.416 e. The monoisotopic (exact) mass is 333 g/mol. The number of rotatable bonds is 2. The summed E-state index contributed by atoms with van der Waals surface area (Å²) in [4.78, 5) is 5.70. The van der Waals surface area contributed by atoms with Crippen molar-refractivity contribution in [3.8, 4) is 6.07 Å². The molecule has 0 unspecified atom stereocenters. The summed E-state index contributed by atoms with van der Waals surface area (Å²) in [7, 11) is 0. The number of alkyl halides is 3. The smallest absolute Gasteiger partial charge is 0.391 e. The number of nitriles is 1. The molecule has 0 spiro atoms. The van der Waals surface area contributed by atoms with E-state index in [1.165, 1.54) is 12.3 Å². The molecular weight excluding hydrogens is 319 g/mol. The van der Waals surface area contributed by atoms with Crippen molar-refractivity contribution >= 4 is 5.69 Å². The lowest BCUT2D eigenvalue weighted by atomic mass is 10.0. The fraction of sp³-hybridized carbons (Fsp3) is 0.294. The van der Waals surface area contributed by atoms with Gasteiger partial charge in [-0.3, -0.25) is 0 Å². The molecule has 2 heterocycles. The summed E-state index contributed by atoms with van der Waals surface area (Å²) in [5.41, 5.74) is 0.641. The minimum atomic E-state index is -4.41. The van der Waals surface area contributed by atoms with Crippen LogP contribution in [0.3, 0.4) is 0 Å². The molecule has 1 aromatic carbocycles. The minimum Gasteiger partial charge on any atom is -0.391 e. The fourth-order valence-electron chi connectivity index (χ4n) is 3.00. The van der Waals surface area contributed by atoms with E-state index in [9.17, 15) is 18.3 Å². The van der Waals surface area contributed by atoms with Gasteiger partial charge in [-0.05, 0) is 36.2 Å². The van der Waals surface area contributed by atoms with Crippen molar-refractivity contribution in [3.63, 3.8) is 0 Å². The highest BCUT2D eigenvalue weighted by atomic mass is 19.4. The molecule has 2 aromatic rings. The van der Waals surface area contributed by atoms with Gasteiger partial charge in [0.1, 0.15) is 11.8 Å². The van der Waals surface area contributed by atoms with E-state index in [0.29, 0.717) is 17.7 Å². The van der Waals surface area contributed by atoms with Crippen molar-refractivity contribution in [2.45, 2.75) is 24.7 Å². The van der Waals surface area contributed by atoms with Crippen LogP contribution in [0.25, 0.3) is 0 Å². The lowest BCUT2D eigenvalue weighted by Crippen LogP contribution is -2.24. The quantitative estimate of drug-likeness (QED) is 0.916. The van der Waals surface area contributed by atoms with Crippen LogP contribution in [0.1, 0.15) is 29.3 Å². The van der Waals surface area contributed by atoms with Crippen LogP contribution in [0.2, 0.25) is 0 Å². The van der Waals surface area contributed by atoms with Gasteiger partial charge in [0.2, 0.25) is 0 Å². The number of halogens is 3. The lowest BCUT2D eigenvalue weighted by Gasteiger charge is -2.27. The molecule has 1 N–H and O–H groups in total. The number of aliphatic hydroxyl groups is 1. The van der Waals surface area contributed by atoms with E-state index >= 15 is 0 Å². The SMILES string of the molecule is N#Cc1cc(N2C[C@H](O)C[C@@H]2c2cccc(C(F)(F)F)c2)ccn1. The van der Waals surface area contributed by atoms with Gasteiger partial charge in [0.25, 0.3) is 0 Å². The van der Waals surface area contributed by atoms with E-state index in [-0.39, 0.29) is 12.2 Å². The molecule has 3 rings (SSSR count). The average Bonchev–Trinajstić information content (AvgIpc) is 2.96. The van der Waals surface area contributed by atoms with E-state index in [2.05, 4.69) is 4.98 Å². The van der Waals surface area contributed by atoms with Crippen molar-refractivity contribution in [2.75, 3.05) is 11.4 Å². The first-order valence-electron chi connectivity index (χ1n) is 7.36. The highest BCUT2D eigenvalue weighted by Crippen LogP contribution is 2.38. The number of hydrogen-bond donors (Lipinski definition) is 1. The minimum absolute atomic E-state index is 0.219. The summed E-state index contributed by atoms with van der Waals surface area (Å²) >= 11 is 0. The van der Waals surface area contributed by atoms with Gasteiger partial charge >= 0.3 is 6.18 Å². The van der Waals surface area contributed by atoms with Gasteiger partial charge in [-0.15, -0.1) is 0 Å². The summed E-state index contributed by atoms with van der Waals surface area (Å²) in [6.07, 6.45) is -3.26. The third-order valence-electron chi connectivity index (χ3n) is 4.07. The van der Waals surface area contributed by atoms with Gasteiger partial charge in [0.15, 0.2) is 0 Å². The third-order valence-corrected chi connectivity index (χ3v) is 4.07. The molecule has 0 amide bonds. The molecule has 24 heavy (non-hydrogen) atoms. The Morgan fingerprint density at radius 2 is 2.04 bits per heavy atom. The number of anilines is 1. The normalized spacial score (nSPS) is 20.9. The van der Waals surface area contributed by atoms with Crippen molar-refractivity contribution in [1.29, 1.82) is 5.26 Å². The second-order valence-corrected chi connectivity index (χ2v) is 5.69. The zero-order valence-corrected chi connectivity index (χ0v) is 12.5. The molecule has 0 aliphatic carbocycles. The van der Waals surface area contributed by atoms with Gasteiger partial charge in [-0.2, -0.15) is 18.4 Å². The number of hydrogen-bond acceptors (Lipinski definition) is 4. The zero-order chi connectivity index (χ0) is 17.3. The Labute approximate surface area is 136 Å². The number of benzene rings is 1. The van der Waals surface area contributed by atoms with Crippen molar-refractivity contribution in [3.05, 3.63) is 59.4 Å². The molecule has 0 saturated carbocycles. The Hall–Kier alpha value is -2.59. The predicted molar refractivity (Wildman–Crippen MR) is 81.1 cm³/mol. The maximum atomic E-state index is 12.9. The number of β-amino-alcohol motifs (C(OH)–C–C–N with tert-alkyl or cyclic N) is 1. The Bertz CT molecular complexity index is 785. The Kier molecular flexibility index (Phi) is 4.16. The molecule has 1 aliphatic heterocycles. The Morgan fingerprint density at radius 3 is 2.75 bits per heavy atom. The summed E-state index contributed by atoms with van der Waals surface area (Å²) in [5.74, 6) is 0. The van der Waals surface area contributed by atoms with Gasteiger partial charge in [0.05, 0.1) is 17.7 Å². The van der Waals surface area contributed by atoms with Crippen LogP contribution in [0.5, 0.6) is 0 Å². The van der Waals surface area contributed by atoms with Gasteiger partial charge in [-0.1, -0.05) is 12.1 Å². The van der Waals surface area contributed by atoms with Crippen LogP contribution in [0, 0.1) is 11.3 Å². The lowest BCUT2D eigenvalue weighted by molar-refractivity contribution is -0.137. The molecule has 2 atom stereocenters. The van der Waals surface area contributed by atoms with E-state index in [4.69, 9.17) is 5.26 Å². The third kappa shape index (κ3) is 3.19. The predicted octanol–water partition coefficient (Wildman–Crippen LogP) is 3.28. The first kappa shape index (κ1) is 16.3. The van der Waals surface area contributed by atoms with Crippen LogP contribution >= 0.6 is 0 Å². The maximum Gasteiger partial charge on any atom is 0.416 e. The molecule has 1 aromatic heterocycles. The molecule has 1 aliphatic rings. The summed E-state index contributed by atoms with van der Waals surface area (Å²) in [6.45, 7) is 0.287. The maximum absolute atomic E-state index is 12.9. The molecule has 0 bridgehead atoms. The van der Waals surface area contributed by atoms with Crippen LogP contribution in [0.15, 0.2) is 42.6 Å².